The zero-order valence-corrected chi connectivity index (χ0v) is 9.05. The molecule has 0 saturated heterocycles. The third-order valence-electron chi connectivity index (χ3n) is 2.84. The number of rotatable bonds is 3. The minimum atomic E-state index is -0.123. The number of fused-ring (bicyclic) bond motifs is 1. The van der Waals surface area contributed by atoms with Gasteiger partial charge in [0, 0.05) is 0 Å². The molecule has 0 amide bonds. The van der Waals surface area contributed by atoms with Crippen molar-refractivity contribution < 1.29 is 4.39 Å². The summed E-state index contributed by atoms with van der Waals surface area (Å²) in [6, 6.07) is 3.75. The molecule has 1 atom stereocenters. The summed E-state index contributed by atoms with van der Waals surface area (Å²) in [5, 5.41) is 7.21. The fourth-order valence-corrected chi connectivity index (χ4v) is 1.97. The number of H-pyrrole nitrogens is 1. The third-order valence-corrected chi connectivity index (χ3v) is 2.84. The number of nitrogens with zero attached hydrogens (tertiary/aromatic N) is 1. The van der Waals surface area contributed by atoms with Crippen LogP contribution in [0.5, 0.6) is 0 Å². The second-order valence-corrected chi connectivity index (χ2v) is 3.99. The molecule has 2 rings (SSSR count). The van der Waals surface area contributed by atoms with Crippen LogP contribution < -0.4 is 0 Å². The van der Waals surface area contributed by atoms with Crippen molar-refractivity contribution in [1.82, 2.24) is 10.2 Å². The Morgan fingerprint density at radius 1 is 1.47 bits per heavy atom. The lowest BCUT2D eigenvalue weighted by molar-refractivity contribution is 0.579. The van der Waals surface area contributed by atoms with Gasteiger partial charge in [0.15, 0.2) is 0 Å². The first-order valence-electron chi connectivity index (χ1n) is 5.35. The van der Waals surface area contributed by atoms with Gasteiger partial charge in [0.1, 0.15) is 5.82 Å². The molecule has 0 fully saturated rings. The van der Waals surface area contributed by atoms with E-state index in [4.69, 9.17) is 0 Å². The van der Waals surface area contributed by atoms with Crippen molar-refractivity contribution in [1.29, 1.82) is 0 Å². The second kappa shape index (κ2) is 4.01. The summed E-state index contributed by atoms with van der Waals surface area (Å²) in [6.07, 6.45) is 3.64. The number of hydrogen-bond donors (Lipinski definition) is 1. The SMILES string of the molecule is CCCC(C)c1ccc2[nH]ncc2c1F. The fourth-order valence-electron chi connectivity index (χ4n) is 1.97. The predicted octanol–water partition coefficient (Wildman–Crippen LogP) is 3.61. The maximum atomic E-state index is 14.0. The van der Waals surface area contributed by atoms with Crippen molar-refractivity contribution in [2.45, 2.75) is 32.6 Å². The first-order chi connectivity index (χ1) is 7.24. The molecule has 1 aromatic carbocycles. The standard InChI is InChI=1S/C12H15FN2/c1-3-4-8(2)9-5-6-11-10(12(9)13)7-14-15-11/h5-8H,3-4H2,1-2H3,(H,14,15). The largest absolute Gasteiger partial charge is 0.278 e. The molecule has 0 aliphatic carbocycles. The molecule has 1 aromatic heterocycles. The van der Waals surface area contributed by atoms with Gasteiger partial charge in [0.2, 0.25) is 0 Å². The summed E-state index contributed by atoms with van der Waals surface area (Å²) < 4.78 is 14.0. The lowest BCUT2D eigenvalue weighted by atomic mass is 9.95. The lowest BCUT2D eigenvalue weighted by Crippen LogP contribution is -1.97. The zero-order chi connectivity index (χ0) is 10.8. The first-order valence-corrected chi connectivity index (χ1v) is 5.35. The molecule has 2 nitrogen and oxygen atoms in total. The summed E-state index contributed by atoms with van der Waals surface area (Å²) in [4.78, 5) is 0. The Labute approximate surface area is 88.5 Å². The molecule has 1 heterocycles. The van der Waals surface area contributed by atoms with Crippen LogP contribution in [0, 0.1) is 5.82 Å². The Balaban J connectivity index is 2.47. The molecule has 0 bridgehead atoms. The Bertz CT molecular complexity index is 462. The summed E-state index contributed by atoms with van der Waals surface area (Å²) in [7, 11) is 0. The molecule has 0 saturated carbocycles. The monoisotopic (exact) mass is 206 g/mol. The topological polar surface area (TPSA) is 28.7 Å². The first kappa shape index (κ1) is 10.1. The van der Waals surface area contributed by atoms with Crippen LogP contribution in [-0.2, 0) is 0 Å². The molecule has 1 unspecified atom stereocenters. The average molecular weight is 206 g/mol. The molecule has 1 N–H and O–H groups in total. The molecule has 0 spiro atoms. The maximum absolute atomic E-state index is 14.0. The van der Waals surface area contributed by atoms with Crippen molar-refractivity contribution >= 4 is 10.9 Å². The van der Waals surface area contributed by atoms with Gasteiger partial charge in [0.05, 0.1) is 17.1 Å². The minimum absolute atomic E-state index is 0.123. The van der Waals surface area contributed by atoms with E-state index < -0.39 is 0 Å². The van der Waals surface area contributed by atoms with Gasteiger partial charge in [-0.15, -0.1) is 0 Å². The van der Waals surface area contributed by atoms with Crippen molar-refractivity contribution in [2.24, 2.45) is 0 Å². The smallest absolute Gasteiger partial charge is 0.137 e. The van der Waals surface area contributed by atoms with Gasteiger partial charge < -0.3 is 0 Å². The molecule has 0 aliphatic rings. The number of aromatic amines is 1. The van der Waals surface area contributed by atoms with Crippen molar-refractivity contribution in [3.8, 4) is 0 Å². The van der Waals surface area contributed by atoms with Crippen LogP contribution in [0.3, 0.4) is 0 Å². The Kier molecular flexibility index (Phi) is 2.71. The molecule has 2 aromatic rings. The van der Waals surface area contributed by atoms with Crippen LogP contribution in [0.25, 0.3) is 10.9 Å². The normalized spacial score (nSPS) is 13.3. The summed E-state index contributed by atoms with van der Waals surface area (Å²) in [5.41, 5.74) is 1.56. The highest BCUT2D eigenvalue weighted by Crippen LogP contribution is 2.27. The van der Waals surface area contributed by atoms with Crippen molar-refractivity contribution in [3.05, 3.63) is 29.7 Å². The Morgan fingerprint density at radius 3 is 3.00 bits per heavy atom. The van der Waals surface area contributed by atoms with Crippen LogP contribution in [0.15, 0.2) is 18.3 Å². The van der Waals surface area contributed by atoms with E-state index in [1.54, 1.807) is 6.20 Å². The zero-order valence-electron chi connectivity index (χ0n) is 9.05. The molecule has 3 heteroatoms. The Morgan fingerprint density at radius 2 is 2.27 bits per heavy atom. The number of hydrogen-bond acceptors (Lipinski definition) is 1. The highest BCUT2D eigenvalue weighted by molar-refractivity contribution is 5.79. The quantitative estimate of drug-likeness (QED) is 0.816. The van der Waals surface area contributed by atoms with Gasteiger partial charge in [-0.2, -0.15) is 5.10 Å². The van der Waals surface area contributed by atoms with E-state index in [0.29, 0.717) is 5.39 Å². The minimum Gasteiger partial charge on any atom is -0.278 e. The van der Waals surface area contributed by atoms with Gasteiger partial charge in [-0.1, -0.05) is 26.3 Å². The number of benzene rings is 1. The molecule has 80 valence electrons. The number of halogens is 1. The lowest BCUT2D eigenvalue weighted by Gasteiger charge is -2.11. The van der Waals surface area contributed by atoms with Crippen molar-refractivity contribution in [2.75, 3.05) is 0 Å². The summed E-state index contributed by atoms with van der Waals surface area (Å²) in [6.45, 7) is 4.18. The van der Waals surface area contributed by atoms with E-state index in [2.05, 4.69) is 24.0 Å². The maximum Gasteiger partial charge on any atom is 0.137 e. The van der Waals surface area contributed by atoms with Gasteiger partial charge in [-0.05, 0) is 24.0 Å². The second-order valence-electron chi connectivity index (χ2n) is 3.99. The van der Waals surface area contributed by atoms with E-state index in [9.17, 15) is 4.39 Å². The number of nitrogens with one attached hydrogen (secondary N) is 1. The van der Waals surface area contributed by atoms with Gasteiger partial charge >= 0.3 is 0 Å². The predicted molar refractivity (Wildman–Crippen MR) is 59.4 cm³/mol. The van der Waals surface area contributed by atoms with Gasteiger partial charge in [-0.3, -0.25) is 5.10 Å². The summed E-state index contributed by atoms with van der Waals surface area (Å²) in [5.74, 6) is 0.150. The molecule has 0 aliphatic heterocycles. The third kappa shape index (κ3) is 1.74. The molecule has 0 radical (unpaired) electrons. The van der Waals surface area contributed by atoms with E-state index in [1.165, 1.54) is 0 Å². The van der Waals surface area contributed by atoms with E-state index in [1.807, 2.05) is 12.1 Å². The highest BCUT2D eigenvalue weighted by Gasteiger charge is 2.13. The molecular weight excluding hydrogens is 191 g/mol. The van der Waals surface area contributed by atoms with Crippen LogP contribution in [0.2, 0.25) is 0 Å². The number of aromatic nitrogens is 2. The van der Waals surface area contributed by atoms with Crippen LogP contribution >= 0.6 is 0 Å². The Hall–Kier alpha value is -1.38. The van der Waals surface area contributed by atoms with E-state index >= 15 is 0 Å². The van der Waals surface area contributed by atoms with Crippen LogP contribution in [-0.4, -0.2) is 10.2 Å². The van der Waals surface area contributed by atoms with Crippen molar-refractivity contribution in [3.63, 3.8) is 0 Å². The highest BCUT2D eigenvalue weighted by atomic mass is 19.1. The van der Waals surface area contributed by atoms with Crippen LogP contribution in [0.4, 0.5) is 4.39 Å². The average Bonchev–Trinajstić information content (AvgIpc) is 2.67. The van der Waals surface area contributed by atoms with E-state index in [-0.39, 0.29) is 11.7 Å². The van der Waals surface area contributed by atoms with Crippen LogP contribution in [0.1, 0.15) is 38.2 Å². The molecular formula is C12H15FN2. The van der Waals surface area contributed by atoms with E-state index in [0.717, 1.165) is 23.9 Å². The van der Waals surface area contributed by atoms with Gasteiger partial charge in [0.25, 0.3) is 0 Å². The molecule has 15 heavy (non-hydrogen) atoms. The summed E-state index contributed by atoms with van der Waals surface area (Å²) >= 11 is 0. The van der Waals surface area contributed by atoms with Gasteiger partial charge in [-0.25, -0.2) is 4.39 Å². The fraction of sp³-hybridized carbons (Fsp3) is 0.417.